The normalized spacial score (nSPS) is 15.0. The lowest BCUT2D eigenvalue weighted by atomic mass is 9.88. The molecule has 134 valence electrons. The number of carbonyl (C=O) groups excluding carboxylic acids is 3. The van der Waals surface area contributed by atoms with E-state index in [4.69, 9.17) is 11.5 Å². The van der Waals surface area contributed by atoms with E-state index < -0.39 is 11.4 Å². The number of Topliss-reactive ketones (excluding diaryl/α,β-unsaturated/α-hetero) is 1. The van der Waals surface area contributed by atoms with Crippen LogP contribution in [-0.2, 0) is 14.4 Å². The SMILES string of the molecule is CC(=O)CC[C@@H](CC(C)C)C(=O)NC(C)(CCCCN)C(N)=O. The Hall–Kier alpha value is -1.43. The molecule has 0 aromatic carbocycles. The van der Waals surface area contributed by atoms with Crippen LogP contribution in [0.2, 0.25) is 0 Å². The van der Waals surface area contributed by atoms with Gasteiger partial charge < -0.3 is 21.6 Å². The van der Waals surface area contributed by atoms with E-state index in [1.165, 1.54) is 6.92 Å². The van der Waals surface area contributed by atoms with Gasteiger partial charge in [-0.25, -0.2) is 0 Å². The van der Waals surface area contributed by atoms with Crippen LogP contribution in [0.15, 0.2) is 0 Å². The number of amides is 2. The topological polar surface area (TPSA) is 115 Å². The molecule has 0 aliphatic rings. The predicted octanol–water partition coefficient (Wildman–Crippen LogP) is 1.51. The highest BCUT2D eigenvalue weighted by Crippen LogP contribution is 2.21. The lowest BCUT2D eigenvalue weighted by Gasteiger charge is -2.30. The van der Waals surface area contributed by atoms with Crippen molar-refractivity contribution in [3.05, 3.63) is 0 Å². The molecule has 6 heteroatoms. The first-order valence-corrected chi connectivity index (χ1v) is 8.43. The first kappa shape index (κ1) is 21.6. The molecule has 2 atom stereocenters. The van der Waals surface area contributed by atoms with Gasteiger partial charge >= 0.3 is 0 Å². The van der Waals surface area contributed by atoms with Crippen molar-refractivity contribution in [2.45, 2.75) is 71.8 Å². The zero-order valence-electron chi connectivity index (χ0n) is 15.0. The number of nitrogens with one attached hydrogen (secondary N) is 1. The van der Waals surface area contributed by atoms with Crippen molar-refractivity contribution in [2.75, 3.05) is 6.54 Å². The number of hydrogen-bond acceptors (Lipinski definition) is 4. The Kier molecular flexibility index (Phi) is 9.72. The van der Waals surface area contributed by atoms with E-state index in [1.807, 2.05) is 13.8 Å². The largest absolute Gasteiger partial charge is 0.368 e. The molecule has 0 fully saturated rings. The lowest BCUT2D eigenvalue weighted by Crippen LogP contribution is -2.56. The van der Waals surface area contributed by atoms with Gasteiger partial charge in [-0.3, -0.25) is 9.59 Å². The van der Waals surface area contributed by atoms with Crippen LogP contribution in [0.5, 0.6) is 0 Å². The van der Waals surface area contributed by atoms with Crippen LogP contribution in [0.25, 0.3) is 0 Å². The highest BCUT2D eigenvalue weighted by Gasteiger charge is 2.34. The van der Waals surface area contributed by atoms with Crippen molar-refractivity contribution in [3.8, 4) is 0 Å². The van der Waals surface area contributed by atoms with E-state index in [0.29, 0.717) is 38.1 Å². The summed E-state index contributed by atoms with van der Waals surface area (Å²) in [7, 11) is 0. The molecule has 0 spiro atoms. The lowest BCUT2D eigenvalue weighted by molar-refractivity contribution is -0.134. The van der Waals surface area contributed by atoms with Gasteiger partial charge in [0, 0.05) is 12.3 Å². The first-order valence-electron chi connectivity index (χ1n) is 8.43. The second-order valence-corrected chi connectivity index (χ2v) is 7.00. The summed E-state index contributed by atoms with van der Waals surface area (Å²) in [5, 5.41) is 2.82. The predicted molar refractivity (Wildman–Crippen MR) is 91.5 cm³/mol. The molecule has 0 aliphatic carbocycles. The molecule has 0 heterocycles. The summed E-state index contributed by atoms with van der Waals surface area (Å²) >= 11 is 0. The zero-order valence-corrected chi connectivity index (χ0v) is 15.0. The average molecular weight is 327 g/mol. The van der Waals surface area contributed by atoms with Crippen LogP contribution in [0, 0.1) is 11.8 Å². The summed E-state index contributed by atoms with van der Waals surface area (Å²) in [5.41, 5.74) is 9.89. The smallest absolute Gasteiger partial charge is 0.242 e. The molecular formula is C17H33N3O3. The summed E-state index contributed by atoms with van der Waals surface area (Å²) in [5.74, 6) is -0.638. The Bertz CT molecular complexity index is 410. The van der Waals surface area contributed by atoms with Gasteiger partial charge in [0.15, 0.2) is 0 Å². The van der Waals surface area contributed by atoms with Crippen LogP contribution < -0.4 is 16.8 Å². The maximum Gasteiger partial charge on any atom is 0.242 e. The number of carbonyl (C=O) groups is 3. The molecule has 6 nitrogen and oxygen atoms in total. The van der Waals surface area contributed by atoms with Crippen molar-refractivity contribution < 1.29 is 14.4 Å². The maximum absolute atomic E-state index is 12.6. The van der Waals surface area contributed by atoms with E-state index in [2.05, 4.69) is 5.32 Å². The molecule has 2 amide bonds. The van der Waals surface area contributed by atoms with Crippen molar-refractivity contribution in [1.82, 2.24) is 5.32 Å². The second kappa shape index (κ2) is 10.4. The van der Waals surface area contributed by atoms with Gasteiger partial charge in [0.05, 0.1) is 0 Å². The third-order valence-electron chi connectivity index (χ3n) is 4.05. The number of nitrogens with two attached hydrogens (primary N) is 2. The molecular weight excluding hydrogens is 294 g/mol. The first-order chi connectivity index (χ1) is 10.6. The average Bonchev–Trinajstić information content (AvgIpc) is 2.42. The molecule has 0 saturated carbocycles. The van der Waals surface area contributed by atoms with E-state index in [9.17, 15) is 14.4 Å². The van der Waals surface area contributed by atoms with Gasteiger partial charge in [-0.15, -0.1) is 0 Å². The third-order valence-corrected chi connectivity index (χ3v) is 4.05. The zero-order chi connectivity index (χ0) is 18.0. The van der Waals surface area contributed by atoms with Crippen LogP contribution in [0.4, 0.5) is 0 Å². The fourth-order valence-corrected chi connectivity index (χ4v) is 2.55. The van der Waals surface area contributed by atoms with Gasteiger partial charge in [-0.1, -0.05) is 13.8 Å². The number of ketones is 1. The second-order valence-electron chi connectivity index (χ2n) is 7.00. The fourth-order valence-electron chi connectivity index (χ4n) is 2.55. The van der Waals surface area contributed by atoms with Crippen molar-refractivity contribution >= 4 is 17.6 Å². The highest BCUT2D eigenvalue weighted by atomic mass is 16.2. The molecule has 0 saturated heterocycles. The molecule has 0 aromatic heterocycles. The number of rotatable bonds is 12. The highest BCUT2D eigenvalue weighted by molar-refractivity contribution is 5.91. The summed E-state index contributed by atoms with van der Waals surface area (Å²) < 4.78 is 0. The monoisotopic (exact) mass is 327 g/mol. The molecule has 0 aliphatic heterocycles. The van der Waals surface area contributed by atoms with Crippen molar-refractivity contribution in [2.24, 2.45) is 23.3 Å². The third kappa shape index (κ3) is 8.69. The minimum atomic E-state index is -1.07. The maximum atomic E-state index is 12.6. The Labute approximate surface area is 139 Å². The molecule has 0 rings (SSSR count). The van der Waals surface area contributed by atoms with Crippen LogP contribution >= 0.6 is 0 Å². The summed E-state index contributed by atoms with van der Waals surface area (Å²) in [6.07, 6.45) is 3.50. The van der Waals surface area contributed by atoms with Gasteiger partial charge in [-0.2, -0.15) is 0 Å². The summed E-state index contributed by atoms with van der Waals surface area (Å²) in [6, 6.07) is 0. The van der Waals surface area contributed by atoms with E-state index >= 15 is 0 Å². The Morgan fingerprint density at radius 1 is 1.17 bits per heavy atom. The van der Waals surface area contributed by atoms with Gasteiger partial charge in [0.2, 0.25) is 11.8 Å². The van der Waals surface area contributed by atoms with Crippen LogP contribution in [-0.4, -0.2) is 29.7 Å². The molecule has 5 N–H and O–H groups in total. The number of unbranched alkanes of at least 4 members (excludes halogenated alkanes) is 1. The van der Waals surface area contributed by atoms with Gasteiger partial charge in [0.25, 0.3) is 0 Å². The Morgan fingerprint density at radius 2 is 1.78 bits per heavy atom. The van der Waals surface area contributed by atoms with Gasteiger partial charge in [0.1, 0.15) is 11.3 Å². The quantitative estimate of drug-likeness (QED) is 0.471. The Morgan fingerprint density at radius 3 is 2.22 bits per heavy atom. The van der Waals surface area contributed by atoms with Gasteiger partial charge in [-0.05, 0) is 58.4 Å². The van der Waals surface area contributed by atoms with E-state index in [1.54, 1.807) is 6.92 Å². The standard InChI is InChI=1S/C17H33N3O3/c1-12(2)11-14(8-7-13(3)21)15(22)20-17(4,16(19)23)9-5-6-10-18/h12,14H,5-11,18H2,1-4H3,(H2,19,23)(H,20,22)/t14-,17?/m0/s1. The minimum Gasteiger partial charge on any atom is -0.368 e. The molecule has 1 unspecified atom stereocenters. The van der Waals surface area contributed by atoms with E-state index in [-0.39, 0.29) is 17.6 Å². The number of hydrogen-bond donors (Lipinski definition) is 3. The summed E-state index contributed by atoms with van der Waals surface area (Å²) in [4.78, 5) is 35.6. The van der Waals surface area contributed by atoms with E-state index in [0.717, 1.165) is 12.8 Å². The van der Waals surface area contributed by atoms with Crippen molar-refractivity contribution in [1.29, 1.82) is 0 Å². The molecule has 23 heavy (non-hydrogen) atoms. The minimum absolute atomic E-state index is 0.0622. The van der Waals surface area contributed by atoms with Crippen molar-refractivity contribution in [3.63, 3.8) is 0 Å². The summed E-state index contributed by atoms with van der Waals surface area (Å²) in [6.45, 7) is 7.77. The molecule has 0 radical (unpaired) electrons. The Balaban J connectivity index is 4.93. The fraction of sp³-hybridized carbons (Fsp3) is 0.824. The molecule has 0 aromatic rings. The number of primary amides is 1. The molecule has 0 bridgehead atoms. The van der Waals surface area contributed by atoms with Crippen LogP contribution in [0.1, 0.15) is 66.2 Å². The van der Waals surface area contributed by atoms with Crippen LogP contribution in [0.3, 0.4) is 0 Å².